The Morgan fingerprint density at radius 3 is 2.40 bits per heavy atom. The predicted octanol–water partition coefficient (Wildman–Crippen LogP) is 5.91. The summed E-state index contributed by atoms with van der Waals surface area (Å²) in [6, 6.07) is 13.2. The minimum Gasteiger partial charge on any atom is -0.339 e. The van der Waals surface area contributed by atoms with E-state index in [1.807, 2.05) is 18.5 Å². The molecule has 43 heavy (non-hydrogen) atoms. The summed E-state index contributed by atoms with van der Waals surface area (Å²) in [5, 5.41) is 4.74. The van der Waals surface area contributed by atoms with Gasteiger partial charge in [0, 0.05) is 49.5 Å². The van der Waals surface area contributed by atoms with E-state index in [1.165, 1.54) is 16.7 Å². The van der Waals surface area contributed by atoms with Crippen LogP contribution in [0.1, 0.15) is 80.2 Å². The third-order valence-electron chi connectivity index (χ3n) is 9.83. The van der Waals surface area contributed by atoms with Gasteiger partial charge in [-0.2, -0.15) is 0 Å². The molecular formula is C36H45N5O2. The van der Waals surface area contributed by atoms with Crippen LogP contribution in [0.15, 0.2) is 53.6 Å². The summed E-state index contributed by atoms with van der Waals surface area (Å²) in [6.45, 7) is 12.3. The number of aromatic amines is 1. The summed E-state index contributed by atoms with van der Waals surface area (Å²) in [5.41, 5.74) is 8.26. The van der Waals surface area contributed by atoms with Crippen molar-refractivity contribution in [1.82, 2.24) is 24.8 Å². The van der Waals surface area contributed by atoms with Crippen LogP contribution in [0.5, 0.6) is 0 Å². The van der Waals surface area contributed by atoms with Crippen LogP contribution in [0.2, 0.25) is 0 Å². The van der Waals surface area contributed by atoms with Crippen LogP contribution in [-0.2, 0) is 23.7 Å². The van der Waals surface area contributed by atoms with Gasteiger partial charge in [0.05, 0.1) is 11.1 Å². The number of aromatic nitrogens is 3. The highest BCUT2D eigenvalue weighted by atomic mass is 16.2. The molecule has 0 saturated carbocycles. The molecule has 7 heteroatoms. The number of H-pyrrole nitrogens is 1. The quantitative estimate of drug-likeness (QED) is 0.242. The first-order valence-corrected chi connectivity index (χ1v) is 15.8. The van der Waals surface area contributed by atoms with Crippen molar-refractivity contribution < 1.29 is 4.79 Å². The average Bonchev–Trinajstić information content (AvgIpc) is 3.68. The van der Waals surface area contributed by atoms with Gasteiger partial charge in [0.15, 0.2) is 0 Å². The van der Waals surface area contributed by atoms with Crippen LogP contribution in [0, 0.1) is 13.8 Å². The Kier molecular flexibility index (Phi) is 7.80. The van der Waals surface area contributed by atoms with Crippen LogP contribution in [0.25, 0.3) is 22.3 Å². The number of hydrogen-bond acceptors (Lipinski definition) is 4. The molecule has 0 aliphatic carbocycles. The molecule has 226 valence electrons. The van der Waals surface area contributed by atoms with E-state index in [4.69, 9.17) is 4.98 Å². The van der Waals surface area contributed by atoms with Crippen LogP contribution < -0.4 is 10.9 Å². The minimum atomic E-state index is -0.654. The molecule has 2 fully saturated rings. The van der Waals surface area contributed by atoms with E-state index in [1.54, 1.807) is 17.7 Å². The number of nitrogens with one attached hydrogen (secondary N) is 2. The SMILES string of the molecule is Cc1cc(C)cc(-c2[nH]c3ncc(C(C)(C)C(=O)N4C5CCC4CC5)cc3c2[C@H](C)CNCCc2ccc(=O)n(C)c2)c1. The zero-order chi connectivity index (χ0) is 30.5. The van der Waals surface area contributed by atoms with Gasteiger partial charge < -0.3 is 19.8 Å². The number of nitrogens with zero attached hydrogens (tertiary/aromatic N) is 3. The predicted molar refractivity (Wildman–Crippen MR) is 174 cm³/mol. The fourth-order valence-electron chi connectivity index (χ4n) is 7.43. The first-order valence-electron chi connectivity index (χ1n) is 15.8. The van der Waals surface area contributed by atoms with E-state index in [-0.39, 0.29) is 17.4 Å². The average molecular weight is 580 g/mol. The Bertz CT molecular complexity index is 1690. The van der Waals surface area contributed by atoms with Crippen molar-refractivity contribution in [3.63, 3.8) is 0 Å². The summed E-state index contributed by atoms with van der Waals surface area (Å²) >= 11 is 0. The maximum absolute atomic E-state index is 14.0. The molecule has 2 N–H and O–H groups in total. The van der Waals surface area contributed by atoms with Gasteiger partial charge in [-0.3, -0.25) is 9.59 Å². The van der Waals surface area contributed by atoms with Crippen LogP contribution in [0.3, 0.4) is 0 Å². The van der Waals surface area contributed by atoms with Gasteiger partial charge >= 0.3 is 0 Å². The van der Waals surface area contributed by atoms with E-state index in [0.717, 1.165) is 78.6 Å². The fraction of sp³-hybridized carbons (Fsp3) is 0.472. The molecule has 2 aliphatic heterocycles. The normalized spacial score (nSPS) is 19.0. The summed E-state index contributed by atoms with van der Waals surface area (Å²) in [7, 11) is 1.79. The van der Waals surface area contributed by atoms with E-state index < -0.39 is 5.41 Å². The van der Waals surface area contributed by atoms with Crippen molar-refractivity contribution in [1.29, 1.82) is 0 Å². The lowest BCUT2D eigenvalue weighted by atomic mass is 9.82. The van der Waals surface area contributed by atoms with Gasteiger partial charge in [0.2, 0.25) is 11.5 Å². The van der Waals surface area contributed by atoms with Gasteiger partial charge in [-0.1, -0.05) is 30.2 Å². The van der Waals surface area contributed by atoms with Crippen molar-refractivity contribution in [2.24, 2.45) is 7.05 Å². The molecule has 6 rings (SSSR count). The molecule has 0 unspecified atom stereocenters. The van der Waals surface area contributed by atoms with Crippen molar-refractivity contribution in [2.45, 2.75) is 90.1 Å². The topological polar surface area (TPSA) is 83.0 Å². The first kappa shape index (κ1) is 29.4. The van der Waals surface area contributed by atoms with E-state index in [2.05, 4.69) is 74.1 Å². The van der Waals surface area contributed by atoms with Gasteiger partial charge in [0.25, 0.3) is 0 Å². The number of pyridine rings is 2. The fourth-order valence-corrected chi connectivity index (χ4v) is 7.43. The third kappa shape index (κ3) is 5.55. The number of hydrogen-bond donors (Lipinski definition) is 2. The number of amides is 1. The van der Waals surface area contributed by atoms with Crippen molar-refractivity contribution in [2.75, 3.05) is 13.1 Å². The minimum absolute atomic E-state index is 0.00854. The van der Waals surface area contributed by atoms with Crippen LogP contribution in [0.4, 0.5) is 0 Å². The Morgan fingerprint density at radius 1 is 1.07 bits per heavy atom. The summed E-state index contributed by atoms with van der Waals surface area (Å²) in [6.07, 6.45) is 9.21. The third-order valence-corrected chi connectivity index (χ3v) is 9.83. The first-order chi connectivity index (χ1) is 20.5. The molecule has 3 aromatic heterocycles. The zero-order valence-corrected chi connectivity index (χ0v) is 26.5. The second-order valence-electron chi connectivity index (χ2n) is 13.6. The van der Waals surface area contributed by atoms with E-state index in [9.17, 15) is 9.59 Å². The Labute approximate surface area is 254 Å². The largest absolute Gasteiger partial charge is 0.339 e. The summed E-state index contributed by atoms with van der Waals surface area (Å²) in [4.78, 5) is 36.5. The Morgan fingerprint density at radius 2 is 1.74 bits per heavy atom. The highest BCUT2D eigenvalue weighted by Gasteiger charge is 2.47. The van der Waals surface area contributed by atoms with Gasteiger partial charge in [0.1, 0.15) is 5.65 Å². The zero-order valence-electron chi connectivity index (χ0n) is 26.5. The molecular weight excluding hydrogens is 534 g/mol. The van der Waals surface area contributed by atoms with Crippen LogP contribution >= 0.6 is 0 Å². The van der Waals surface area contributed by atoms with Crippen molar-refractivity contribution >= 4 is 16.9 Å². The van der Waals surface area contributed by atoms with Gasteiger partial charge in [-0.25, -0.2) is 4.98 Å². The molecule has 1 amide bonds. The maximum Gasteiger partial charge on any atom is 0.250 e. The molecule has 4 aromatic rings. The standard InChI is InChI=1S/C36H45N5O2/c1-22-15-23(2)17-26(16-22)33-32(24(3)19-37-14-13-25-7-12-31(42)40(6)21-25)30-18-27(20-38-34(30)39-33)36(4,5)35(43)41-28-8-9-29(41)11-10-28/h7,12,15-18,20-21,24,28-29,37H,8-11,13-14,19H2,1-6H3,(H,38,39)/t24-,28?,29?/m1/s1. The molecule has 5 heterocycles. The highest BCUT2D eigenvalue weighted by Crippen LogP contribution is 2.42. The van der Waals surface area contributed by atoms with E-state index in [0.29, 0.717) is 12.1 Å². The molecule has 0 spiro atoms. The Hall–Kier alpha value is -3.71. The summed E-state index contributed by atoms with van der Waals surface area (Å²) in [5.74, 6) is 0.424. The summed E-state index contributed by atoms with van der Waals surface area (Å²) < 4.78 is 1.63. The van der Waals surface area contributed by atoms with E-state index >= 15 is 0 Å². The number of aryl methyl sites for hydroxylation is 3. The molecule has 1 atom stereocenters. The lowest BCUT2D eigenvalue weighted by Crippen LogP contribution is -2.46. The van der Waals surface area contributed by atoms with Crippen molar-refractivity contribution in [3.8, 4) is 11.3 Å². The molecule has 0 radical (unpaired) electrons. The lowest BCUT2D eigenvalue weighted by molar-refractivity contribution is -0.137. The van der Waals surface area contributed by atoms with Gasteiger partial charge in [-0.05, 0) is 113 Å². The molecule has 2 bridgehead atoms. The lowest BCUT2D eigenvalue weighted by Gasteiger charge is -2.32. The van der Waals surface area contributed by atoms with Gasteiger partial charge in [-0.15, -0.1) is 0 Å². The monoisotopic (exact) mass is 579 g/mol. The van der Waals surface area contributed by atoms with Crippen molar-refractivity contribution in [3.05, 3.63) is 87.0 Å². The maximum atomic E-state index is 14.0. The molecule has 2 saturated heterocycles. The number of carbonyl (C=O) groups excluding carboxylic acids is 1. The number of benzene rings is 1. The Balaban J connectivity index is 1.32. The molecule has 7 nitrogen and oxygen atoms in total. The molecule has 1 aromatic carbocycles. The smallest absolute Gasteiger partial charge is 0.250 e. The second-order valence-corrected chi connectivity index (χ2v) is 13.6. The number of rotatable bonds is 9. The number of fused-ring (bicyclic) bond motifs is 3. The highest BCUT2D eigenvalue weighted by molar-refractivity contribution is 5.93. The second kappa shape index (κ2) is 11.4. The van der Waals surface area contributed by atoms with Crippen LogP contribution in [-0.4, -0.2) is 50.5 Å². The molecule has 2 aliphatic rings. The number of carbonyl (C=O) groups is 1.